The Morgan fingerprint density at radius 1 is 1.26 bits per heavy atom. The fourth-order valence-corrected chi connectivity index (χ4v) is 2.62. The predicted octanol–water partition coefficient (Wildman–Crippen LogP) is 2.54. The first-order valence-corrected chi connectivity index (χ1v) is 9.26. The molecule has 1 heterocycles. The lowest BCUT2D eigenvalue weighted by Crippen LogP contribution is -2.42. The first-order chi connectivity index (χ1) is 8.71. The molecule has 0 aromatic carbocycles. The molecule has 0 aliphatic rings. The van der Waals surface area contributed by atoms with E-state index in [9.17, 15) is 5.11 Å². The molecule has 0 amide bonds. The van der Waals surface area contributed by atoms with E-state index in [1.54, 1.807) is 12.4 Å². The minimum absolute atomic E-state index is 0.0812. The molecule has 19 heavy (non-hydrogen) atoms. The summed E-state index contributed by atoms with van der Waals surface area (Å²) in [6.07, 6.45) is 2.89. The molecule has 0 bridgehead atoms. The van der Waals surface area contributed by atoms with Crippen molar-refractivity contribution in [2.45, 2.75) is 45.0 Å². The molecular formula is C13H24N2O3Si. The molecule has 0 aliphatic heterocycles. The van der Waals surface area contributed by atoms with Crippen LogP contribution >= 0.6 is 0 Å². The summed E-state index contributed by atoms with van der Waals surface area (Å²) in [5.74, 6) is 0. The van der Waals surface area contributed by atoms with Gasteiger partial charge in [-0.2, -0.15) is 0 Å². The van der Waals surface area contributed by atoms with Gasteiger partial charge in [0, 0.05) is 18.0 Å². The molecule has 1 aromatic rings. The number of rotatable bonds is 5. The lowest BCUT2D eigenvalue weighted by atomic mass is 10.2. The largest absolute Gasteiger partial charge is 0.467 e. The summed E-state index contributed by atoms with van der Waals surface area (Å²) in [5, 5.41) is 9.64. The van der Waals surface area contributed by atoms with Crippen molar-refractivity contribution in [1.29, 1.82) is 0 Å². The van der Waals surface area contributed by atoms with E-state index in [2.05, 4.69) is 43.8 Å². The Bertz CT molecular complexity index is 401. The highest BCUT2D eigenvalue weighted by atomic mass is 28.4. The van der Waals surface area contributed by atoms with Crippen LogP contribution in [0.15, 0.2) is 12.4 Å². The Kier molecular flexibility index (Phi) is 5.06. The number of aliphatic hydroxyl groups is 1. The van der Waals surface area contributed by atoms with Crippen molar-refractivity contribution in [1.82, 2.24) is 9.97 Å². The molecule has 1 rings (SSSR count). The lowest BCUT2D eigenvalue weighted by Gasteiger charge is -2.38. The summed E-state index contributed by atoms with van der Waals surface area (Å²) in [6, 6.07) is 0.313. The van der Waals surface area contributed by atoms with Crippen molar-refractivity contribution in [2.75, 3.05) is 13.7 Å². The zero-order valence-corrected chi connectivity index (χ0v) is 13.6. The van der Waals surface area contributed by atoms with E-state index >= 15 is 0 Å². The number of hydrogen-bond donors (Lipinski definition) is 1. The maximum atomic E-state index is 9.55. The minimum atomic E-state index is -1.94. The van der Waals surface area contributed by atoms with E-state index in [0.717, 1.165) is 5.56 Å². The SMILES string of the molecule is COc1ncc([C@H](CO)O[Si](C)(C)C(C)(C)C)cn1. The molecule has 6 heteroatoms. The molecule has 0 saturated heterocycles. The highest BCUT2D eigenvalue weighted by Crippen LogP contribution is 2.39. The van der Waals surface area contributed by atoms with Crippen LogP contribution in [0.25, 0.3) is 0 Å². The quantitative estimate of drug-likeness (QED) is 0.842. The summed E-state index contributed by atoms with van der Waals surface area (Å²) < 4.78 is 11.1. The molecule has 0 radical (unpaired) electrons. The zero-order valence-electron chi connectivity index (χ0n) is 12.6. The van der Waals surface area contributed by atoms with E-state index in [1.165, 1.54) is 7.11 Å². The van der Waals surface area contributed by atoms with Crippen molar-refractivity contribution in [3.05, 3.63) is 18.0 Å². The number of nitrogens with zero attached hydrogens (tertiary/aromatic N) is 2. The normalized spacial score (nSPS) is 14.3. The van der Waals surface area contributed by atoms with Gasteiger partial charge in [-0.3, -0.25) is 0 Å². The fourth-order valence-electron chi connectivity index (χ4n) is 1.34. The number of hydrogen-bond acceptors (Lipinski definition) is 5. The van der Waals surface area contributed by atoms with E-state index in [0.29, 0.717) is 6.01 Å². The number of methoxy groups -OCH3 is 1. The van der Waals surface area contributed by atoms with Gasteiger partial charge in [0.15, 0.2) is 8.32 Å². The molecule has 1 aromatic heterocycles. The third-order valence-electron chi connectivity index (χ3n) is 3.61. The van der Waals surface area contributed by atoms with Crippen LogP contribution < -0.4 is 4.74 Å². The summed E-state index contributed by atoms with van der Waals surface area (Å²) in [7, 11) is -0.422. The van der Waals surface area contributed by atoms with Crippen LogP contribution in [0, 0.1) is 0 Å². The Labute approximate surface area is 116 Å². The van der Waals surface area contributed by atoms with Gasteiger partial charge in [-0.15, -0.1) is 0 Å². The second kappa shape index (κ2) is 5.98. The third-order valence-corrected chi connectivity index (χ3v) is 8.10. The van der Waals surface area contributed by atoms with Gasteiger partial charge in [-0.25, -0.2) is 9.97 Å². The van der Waals surface area contributed by atoms with Crippen LogP contribution in [-0.2, 0) is 4.43 Å². The van der Waals surface area contributed by atoms with Crippen LogP contribution in [0.2, 0.25) is 18.1 Å². The first-order valence-electron chi connectivity index (χ1n) is 6.36. The standard InChI is InChI=1S/C13H24N2O3Si/c1-13(2,3)19(5,6)18-11(9-16)10-7-14-12(17-4)15-8-10/h7-8,11,16H,9H2,1-6H3/t11-/m0/s1. The Hall–Kier alpha value is -0.983. The molecule has 0 aliphatic carbocycles. The van der Waals surface area contributed by atoms with Gasteiger partial charge in [-0.05, 0) is 18.1 Å². The number of ether oxygens (including phenoxy) is 1. The minimum Gasteiger partial charge on any atom is -0.467 e. The monoisotopic (exact) mass is 284 g/mol. The molecule has 1 N–H and O–H groups in total. The summed E-state index contributed by atoms with van der Waals surface area (Å²) in [5.41, 5.74) is 0.771. The van der Waals surface area contributed by atoms with Gasteiger partial charge in [0.25, 0.3) is 0 Å². The second-order valence-corrected chi connectivity index (χ2v) is 10.8. The van der Waals surface area contributed by atoms with Crippen LogP contribution in [0.5, 0.6) is 6.01 Å². The van der Waals surface area contributed by atoms with Crippen molar-refractivity contribution in [3.8, 4) is 6.01 Å². The highest BCUT2D eigenvalue weighted by molar-refractivity contribution is 6.74. The van der Waals surface area contributed by atoms with Gasteiger partial charge >= 0.3 is 6.01 Å². The van der Waals surface area contributed by atoms with Gasteiger partial charge < -0.3 is 14.3 Å². The average Bonchev–Trinajstić information content (AvgIpc) is 2.35. The zero-order chi connectivity index (χ0) is 14.7. The van der Waals surface area contributed by atoms with Gasteiger partial charge in [-0.1, -0.05) is 20.8 Å². The van der Waals surface area contributed by atoms with E-state index in [4.69, 9.17) is 9.16 Å². The third kappa shape index (κ3) is 3.99. The molecule has 1 atom stereocenters. The molecular weight excluding hydrogens is 260 g/mol. The van der Waals surface area contributed by atoms with Gasteiger partial charge in [0.05, 0.1) is 19.8 Å². The topological polar surface area (TPSA) is 64.5 Å². The van der Waals surface area contributed by atoms with Crippen molar-refractivity contribution < 1.29 is 14.3 Å². The van der Waals surface area contributed by atoms with Gasteiger partial charge in [0.1, 0.15) is 0 Å². The van der Waals surface area contributed by atoms with Crippen LogP contribution in [0.1, 0.15) is 32.4 Å². The molecule has 0 spiro atoms. The van der Waals surface area contributed by atoms with Crippen molar-refractivity contribution in [2.24, 2.45) is 0 Å². The van der Waals surface area contributed by atoms with Crippen molar-refractivity contribution in [3.63, 3.8) is 0 Å². The molecule has 0 unspecified atom stereocenters. The van der Waals surface area contributed by atoms with E-state index in [1.807, 2.05) is 0 Å². The molecule has 0 fully saturated rings. The van der Waals surface area contributed by atoms with Gasteiger partial charge in [0.2, 0.25) is 0 Å². The average molecular weight is 284 g/mol. The Morgan fingerprint density at radius 2 is 1.79 bits per heavy atom. The van der Waals surface area contributed by atoms with Crippen LogP contribution in [0.3, 0.4) is 0 Å². The molecule has 108 valence electrons. The van der Waals surface area contributed by atoms with Crippen LogP contribution in [-0.4, -0.2) is 37.1 Å². The highest BCUT2D eigenvalue weighted by Gasteiger charge is 2.39. The second-order valence-electron chi connectivity index (χ2n) is 6.05. The predicted molar refractivity (Wildman–Crippen MR) is 76.7 cm³/mol. The maximum absolute atomic E-state index is 9.55. The summed E-state index contributed by atoms with van der Waals surface area (Å²) >= 11 is 0. The smallest absolute Gasteiger partial charge is 0.316 e. The first kappa shape index (κ1) is 16.1. The fraction of sp³-hybridized carbons (Fsp3) is 0.692. The van der Waals surface area contributed by atoms with E-state index in [-0.39, 0.29) is 17.7 Å². The number of aromatic nitrogens is 2. The maximum Gasteiger partial charge on any atom is 0.316 e. The lowest BCUT2D eigenvalue weighted by molar-refractivity contribution is 0.103. The van der Waals surface area contributed by atoms with Crippen LogP contribution in [0.4, 0.5) is 0 Å². The summed E-state index contributed by atoms with van der Waals surface area (Å²) in [6.45, 7) is 10.7. The number of aliphatic hydroxyl groups excluding tert-OH is 1. The molecule has 5 nitrogen and oxygen atoms in total. The molecule has 0 saturated carbocycles. The summed E-state index contributed by atoms with van der Waals surface area (Å²) in [4.78, 5) is 8.10. The Balaban J connectivity index is 2.89. The van der Waals surface area contributed by atoms with Crippen molar-refractivity contribution >= 4 is 8.32 Å². The van der Waals surface area contributed by atoms with E-state index < -0.39 is 8.32 Å². The Morgan fingerprint density at radius 3 is 2.16 bits per heavy atom.